The van der Waals surface area contributed by atoms with E-state index in [2.05, 4.69) is 59.6 Å². The lowest BCUT2D eigenvalue weighted by molar-refractivity contribution is 0.625. The summed E-state index contributed by atoms with van der Waals surface area (Å²) in [6.45, 7) is 4.67. The molecule has 0 atom stereocenters. The fourth-order valence-corrected chi connectivity index (χ4v) is 6.03. The quantitative estimate of drug-likeness (QED) is 0.121. The van der Waals surface area contributed by atoms with Crippen LogP contribution in [0.3, 0.4) is 0 Å². The Morgan fingerprint density at radius 2 is 1.72 bits per heavy atom. The van der Waals surface area contributed by atoms with Gasteiger partial charge in [-0.2, -0.15) is 14.5 Å². The van der Waals surface area contributed by atoms with Gasteiger partial charge in [0.05, 0.1) is 35.0 Å². The van der Waals surface area contributed by atoms with Gasteiger partial charge in [-0.15, -0.1) is 0 Å². The molecule has 0 saturated carbocycles. The highest BCUT2D eigenvalue weighted by atomic mass is 32.2. The Hall–Kier alpha value is -5.51. The minimum atomic E-state index is -1.43. The van der Waals surface area contributed by atoms with E-state index in [1.807, 2.05) is 73.0 Å². The molecule has 0 radical (unpaired) electrons. The molecule has 0 fully saturated rings. The van der Waals surface area contributed by atoms with E-state index < -0.39 is 9.39 Å². The number of H-pyrrole nitrogens is 2. The highest BCUT2D eigenvalue weighted by Gasteiger charge is 2.16. The zero-order valence-corrected chi connectivity index (χ0v) is 26.1. The Kier molecular flexibility index (Phi) is 7.48. The number of fused-ring (bicyclic) bond motifs is 2. The lowest BCUT2D eigenvalue weighted by Gasteiger charge is -2.12. The van der Waals surface area contributed by atoms with Crippen LogP contribution in [0, 0.1) is 5.82 Å². The molecule has 46 heavy (non-hydrogen) atoms. The van der Waals surface area contributed by atoms with Gasteiger partial charge in [0.1, 0.15) is 11.5 Å². The molecule has 9 heteroatoms. The van der Waals surface area contributed by atoms with Crippen LogP contribution in [0.5, 0.6) is 0 Å². The molecule has 228 valence electrons. The van der Waals surface area contributed by atoms with Crippen molar-refractivity contribution in [2.24, 2.45) is 0 Å². The van der Waals surface area contributed by atoms with Gasteiger partial charge in [0.15, 0.2) is 0 Å². The highest BCUT2D eigenvalue weighted by molar-refractivity contribution is 8.25. The topological polar surface area (TPSA) is 94.3 Å². The van der Waals surface area contributed by atoms with Crippen molar-refractivity contribution >= 4 is 54.3 Å². The number of halogens is 1. The van der Waals surface area contributed by atoms with Gasteiger partial charge >= 0.3 is 0 Å². The van der Waals surface area contributed by atoms with Gasteiger partial charge in [-0.25, -0.2) is 4.39 Å². The fraction of sp³-hybridized carbons (Fsp3) is 0.0541. The molecule has 0 amide bonds. The summed E-state index contributed by atoms with van der Waals surface area (Å²) in [5.74, 6) is 7.85. The molecule has 0 aliphatic carbocycles. The van der Waals surface area contributed by atoms with Crippen LogP contribution in [0.1, 0.15) is 11.1 Å². The highest BCUT2D eigenvalue weighted by Crippen LogP contribution is 2.35. The second kappa shape index (κ2) is 11.8. The minimum absolute atomic E-state index is 0.289. The first-order valence-corrected chi connectivity index (χ1v) is 17.0. The van der Waals surface area contributed by atoms with E-state index in [9.17, 15) is 4.39 Å². The van der Waals surface area contributed by atoms with Crippen LogP contribution in [0.4, 0.5) is 10.1 Å². The predicted molar refractivity (Wildman–Crippen MR) is 194 cm³/mol. The van der Waals surface area contributed by atoms with Crippen LogP contribution in [0.15, 0.2) is 110 Å². The summed E-state index contributed by atoms with van der Waals surface area (Å²) in [6, 6.07) is 27.2. The van der Waals surface area contributed by atoms with Crippen molar-refractivity contribution in [1.82, 2.24) is 29.9 Å². The normalized spacial score (nSPS) is 11.7. The third kappa shape index (κ3) is 6.06. The molecule has 4 N–H and O–H groups in total. The van der Waals surface area contributed by atoms with Gasteiger partial charge in [0.25, 0.3) is 0 Å². The standard InChI is InChI=1S/C37H32FN7S/c1-23(25-9-6-5-7-10-25)42-29-16-27(20-39-21-29)34-18-32-36(22-40-34)44-45-37(32)35-17-31-30(11-8-12-33(31)43-35)26-13-24(14-28(38)15-26)19-41-46(2,3)4/h5-18,20-22,41-43H,1-3,19H2,4H3,(H,44,45). The lowest BCUT2D eigenvalue weighted by atomic mass is 9.99. The Balaban J connectivity index is 1.22. The maximum Gasteiger partial charge on any atom is 0.124 e. The molecule has 4 aromatic heterocycles. The molecule has 3 aromatic carbocycles. The number of aromatic nitrogens is 5. The molecule has 0 aliphatic rings. The van der Waals surface area contributed by atoms with Gasteiger partial charge in [-0.3, -0.25) is 19.8 Å². The number of nitrogens with zero attached hydrogens (tertiary/aromatic N) is 3. The number of rotatable bonds is 9. The van der Waals surface area contributed by atoms with Crippen molar-refractivity contribution in [2.45, 2.75) is 6.54 Å². The van der Waals surface area contributed by atoms with Crippen LogP contribution in [-0.4, -0.2) is 43.1 Å². The lowest BCUT2D eigenvalue weighted by Crippen LogP contribution is -2.08. The monoisotopic (exact) mass is 625 g/mol. The molecular formula is C37H32FN7S. The molecule has 0 unspecified atom stereocenters. The Labute approximate surface area is 266 Å². The number of pyridine rings is 2. The zero-order valence-electron chi connectivity index (χ0n) is 25.3. The number of nitrogens with one attached hydrogen (secondary N) is 4. The van der Waals surface area contributed by atoms with E-state index in [4.69, 9.17) is 0 Å². The first-order valence-electron chi connectivity index (χ1n) is 14.6. The second-order valence-corrected chi connectivity index (χ2v) is 14.3. The van der Waals surface area contributed by atoms with E-state index in [0.29, 0.717) is 6.54 Å². The van der Waals surface area contributed by atoms with Crippen LogP contribution in [0.2, 0.25) is 0 Å². The summed E-state index contributed by atoms with van der Waals surface area (Å²) in [5, 5.41) is 13.0. The molecule has 0 saturated heterocycles. The van der Waals surface area contributed by atoms with Crippen molar-refractivity contribution in [3.05, 3.63) is 127 Å². The van der Waals surface area contributed by atoms with Crippen molar-refractivity contribution in [1.29, 1.82) is 0 Å². The first kappa shape index (κ1) is 29.2. The third-order valence-corrected chi connectivity index (χ3v) is 8.55. The van der Waals surface area contributed by atoms with Crippen LogP contribution in [-0.2, 0) is 6.54 Å². The summed E-state index contributed by atoms with van der Waals surface area (Å²) < 4.78 is 18.1. The van der Waals surface area contributed by atoms with E-state index >= 15 is 0 Å². The number of benzene rings is 3. The van der Waals surface area contributed by atoms with Gasteiger partial charge < -0.3 is 10.3 Å². The van der Waals surface area contributed by atoms with Crippen molar-refractivity contribution in [2.75, 3.05) is 11.6 Å². The number of anilines is 1. The summed E-state index contributed by atoms with van der Waals surface area (Å²) in [6.07, 6.45) is 7.30. The molecule has 0 spiro atoms. The summed E-state index contributed by atoms with van der Waals surface area (Å²) in [4.78, 5) is 12.7. The summed E-state index contributed by atoms with van der Waals surface area (Å²) >= 11 is 0. The second-order valence-electron chi connectivity index (χ2n) is 11.5. The summed E-state index contributed by atoms with van der Waals surface area (Å²) in [5.41, 5.74) is 10.1. The average Bonchev–Trinajstić information content (AvgIpc) is 3.68. The third-order valence-electron chi connectivity index (χ3n) is 7.71. The van der Waals surface area contributed by atoms with E-state index in [-0.39, 0.29) is 5.82 Å². The van der Waals surface area contributed by atoms with Crippen LogP contribution >= 0.6 is 9.39 Å². The Bertz CT molecular complexity index is 2350. The molecule has 0 bridgehead atoms. The van der Waals surface area contributed by atoms with Crippen LogP contribution < -0.4 is 10.0 Å². The van der Waals surface area contributed by atoms with Crippen molar-refractivity contribution in [3.63, 3.8) is 0 Å². The smallest absolute Gasteiger partial charge is 0.124 e. The largest absolute Gasteiger partial charge is 0.354 e. The van der Waals surface area contributed by atoms with E-state index in [0.717, 1.165) is 78.1 Å². The minimum Gasteiger partial charge on any atom is -0.354 e. The van der Waals surface area contributed by atoms with E-state index in [1.165, 1.54) is 0 Å². The zero-order chi connectivity index (χ0) is 31.8. The van der Waals surface area contributed by atoms with Gasteiger partial charge in [0.2, 0.25) is 0 Å². The predicted octanol–water partition coefficient (Wildman–Crippen LogP) is 8.36. The molecule has 0 aliphatic heterocycles. The Morgan fingerprint density at radius 3 is 2.54 bits per heavy atom. The molecular weight excluding hydrogens is 594 g/mol. The van der Waals surface area contributed by atoms with Crippen molar-refractivity contribution in [3.8, 4) is 33.8 Å². The number of hydrogen-bond donors (Lipinski definition) is 4. The first-order chi connectivity index (χ1) is 22.2. The molecule has 7 rings (SSSR count). The average molecular weight is 626 g/mol. The molecule has 7 aromatic rings. The fourth-order valence-electron chi connectivity index (χ4n) is 5.51. The van der Waals surface area contributed by atoms with Gasteiger partial charge in [-0.1, -0.05) is 60.8 Å². The van der Waals surface area contributed by atoms with Gasteiger partial charge in [-0.05, 0) is 71.0 Å². The molecule has 4 heterocycles. The van der Waals surface area contributed by atoms with Crippen molar-refractivity contribution < 1.29 is 4.39 Å². The summed E-state index contributed by atoms with van der Waals surface area (Å²) in [7, 11) is -1.43. The maximum absolute atomic E-state index is 14.8. The number of hydrogen-bond acceptors (Lipinski definition) is 5. The van der Waals surface area contributed by atoms with Gasteiger partial charge in [0, 0.05) is 40.3 Å². The van der Waals surface area contributed by atoms with Crippen LogP contribution in [0.25, 0.3) is 61.3 Å². The SMILES string of the molecule is C=C(Nc1cncc(-c2cc3c(-c4cc5c(-c6cc(F)cc(CNS(=C)(=C)C)c6)cccc5[nH]4)n[nH]c3cn2)c1)c1ccccc1. The maximum atomic E-state index is 14.8. The van der Waals surface area contributed by atoms with E-state index in [1.54, 1.807) is 30.7 Å². The number of aromatic amines is 2. The molecule has 7 nitrogen and oxygen atoms in total. The Morgan fingerprint density at radius 1 is 0.870 bits per heavy atom.